The van der Waals surface area contributed by atoms with Gasteiger partial charge in [0.1, 0.15) is 5.69 Å². The van der Waals surface area contributed by atoms with E-state index in [-0.39, 0.29) is 11.8 Å². The number of carbonyl (C=O) groups excluding carboxylic acids is 1. The molecule has 7 heteroatoms. The molecule has 0 radical (unpaired) electrons. The van der Waals surface area contributed by atoms with Gasteiger partial charge in [0.05, 0.1) is 25.3 Å². The number of fused-ring (bicyclic) bond motifs is 1. The first kappa shape index (κ1) is 15.8. The Balaban J connectivity index is 1.45. The monoisotopic (exact) mass is 346 g/mol. The largest absolute Gasteiger partial charge is 0.380 e. The molecule has 1 fully saturated rings. The van der Waals surface area contributed by atoms with E-state index in [9.17, 15) is 4.79 Å². The number of hydrogen-bond donors (Lipinski definition) is 0. The van der Waals surface area contributed by atoms with Gasteiger partial charge in [0.15, 0.2) is 0 Å². The number of nitrogens with zero attached hydrogens (tertiary/aromatic N) is 4. The first-order valence-corrected chi connectivity index (χ1v) is 9.35. The lowest BCUT2D eigenvalue weighted by molar-refractivity contribution is -0.132. The van der Waals surface area contributed by atoms with Crippen LogP contribution in [0.5, 0.6) is 0 Å². The average molecular weight is 346 g/mol. The first-order valence-electron chi connectivity index (χ1n) is 8.47. The molecule has 0 unspecified atom stereocenters. The molecule has 1 saturated carbocycles. The number of amides is 1. The summed E-state index contributed by atoms with van der Waals surface area (Å²) in [7, 11) is 1.92. The summed E-state index contributed by atoms with van der Waals surface area (Å²) < 4.78 is 7.74. The Bertz CT molecular complexity index is 708. The highest BCUT2D eigenvalue weighted by Crippen LogP contribution is 2.31. The second kappa shape index (κ2) is 6.64. The molecule has 3 heterocycles. The van der Waals surface area contributed by atoms with Crippen molar-refractivity contribution in [3.63, 3.8) is 0 Å². The maximum absolute atomic E-state index is 12.7. The van der Waals surface area contributed by atoms with E-state index in [1.807, 2.05) is 34.1 Å². The van der Waals surface area contributed by atoms with Gasteiger partial charge in [-0.2, -0.15) is 0 Å². The van der Waals surface area contributed by atoms with Crippen LogP contribution in [0.15, 0.2) is 17.5 Å². The lowest BCUT2D eigenvalue weighted by atomic mass is 9.98. The molecule has 6 nitrogen and oxygen atoms in total. The highest BCUT2D eigenvalue weighted by molar-refractivity contribution is 7.10. The molecular formula is C17H22N4O2S. The second-order valence-corrected chi connectivity index (χ2v) is 7.79. The normalized spacial score (nSPS) is 20.2. The zero-order chi connectivity index (χ0) is 16.5. The topological polar surface area (TPSA) is 60.2 Å². The number of thiophene rings is 1. The van der Waals surface area contributed by atoms with Crippen LogP contribution in [0.25, 0.3) is 0 Å². The summed E-state index contributed by atoms with van der Waals surface area (Å²) in [6.07, 6.45) is 3.03. The van der Waals surface area contributed by atoms with Crippen LogP contribution < -0.4 is 0 Å². The Morgan fingerprint density at radius 3 is 3.04 bits per heavy atom. The molecule has 1 aliphatic carbocycles. The molecule has 0 saturated heterocycles. The first-order chi connectivity index (χ1) is 11.7. The van der Waals surface area contributed by atoms with Gasteiger partial charge < -0.3 is 9.64 Å². The molecule has 1 aliphatic heterocycles. The fourth-order valence-electron chi connectivity index (χ4n) is 3.27. The van der Waals surface area contributed by atoms with E-state index in [2.05, 4.69) is 10.3 Å². The number of rotatable bonds is 6. The van der Waals surface area contributed by atoms with Gasteiger partial charge in [-0.15, -0.1) is 16.4 Å². The summed E-state index contributed by atoms with van der Waals surface area (Å²) in [5.74, 6) is 1.05. The van der Waals surface area contributed by atoms with Crippen LogP contribution in [0.4, 0.5) is 0 Å². The van der Waals surface area contributed by atoms with E-state index >= 15 is 0 Å². The molecule has 2 aromatic heterocycles. The molecule has 0 bridgehead atoms. The van der Waals surface area contributed by atoms with Gasteiger partial charge in [0.2, 0.25) is 5.91 Å². The quantitative estimate of drug-likeness (QED) is 0.802. The van der Waals surface area contributed by atoms with E-state index in [0.29, 0.717) is 26.1 Å². The van der Waals surface area contributed by atoms with Crippen LogP contribution >= 0.6 is 11.3 Å². The SMILES string of the molecule is Cn1nnc2c1[C@H](COCC1CC1)CN(C(=O)Cc1cccs1)C2. The van der Waals surface area contributed by atoms with E-state index < -0.39 is 0 Å². The molecule has 0 aromatic carbocycles. The van der Waals surface area contributed by atoms with Gasteiger partial charge in [-0.1, -0.05) is 11.3 Å². The lowest BCUT2D eigenvalue weighted by Crippen LogP contribution is -2.41. The van der Waals surface area contributed by atoms with Crippen molar-refractivity contribution < 1.29 is 9.53 Å². The molecule has 0 N–H and O–H groups in total. The van der Waals surface area contributed by atoms with E-state index in [4.69, 9.17) is 4.74 Å². The maximum Gasteiger partial charge on any atom is 0.228 e. The third kappa shape index (κ3) is 3.37. The summed E-state index contributed by atoms with van der Waals surface area (Å²) in [6, 6.07) is 4.00. The molecule has 0 spiro atoms. The minimum atomic E-state index is 0.153. The number of aromatic nitrogens is 3. The van der Waals surface area contributed by atoms with Crippen molar-refractivity contribution in [1.29, 1.82) is 0 Å². The number of aryl methyl sites for hydroxylation is 1. The van der Waals surface area contributed by atoms with Gasteiger partial charge in [-0.25, -0.2) is 0 Å². The Morgan fingerprint density at radius 2 is 2.29 bits per heavy atom. The molecule has 4 rings (SSSR count). The van der Waals surface area contributed by atoms with Crippen molar-refractivity contribution in [3.05, 3.63) is 33.8 Å². The van der Waals surface area contributed by atoms with Crippen molar-refractivity contribution in [2.24, 2.45) is 13.0 Å². The third-order valence-corrected chi connectivity index (χ3v) is 5.62. The Hall–Kier alpha value is -1.73. The van der Waals surface area contributed by atoms with E-state index in [1.54, 1.807) is 11.3 Å². The second-order valence-electron chi connectivity index (χ2n) is 6.75. The Morgan fingerprint density at radius 1 is 1.42 bits per heavy atom. The fourth-order valence-corrected chi connectivity index (χ4v) is 3.97. The summed E-state index contributed by atoms with van der Waals surface area (Å²) in [6.45, 7) is 2.70. The molecule has 24 heavy (non-hydrogen) atoms. The molecule has 128 valence electrons. The fraction of sp³-hybridized carbons (Fsp3) is 0.588. The van der Waals surface area contributed by atoms with Crippen LogP contribution in [0.1, 0.15) is 35.0 Å². The van der Waals surface area contributed by atoms with Gasteiger partial charge in [0.25, 0.3) is 0 Å². The average Bonchev–Trinajstić information content (AvgIpc) is 3.10. The van der Waals surface area contributed by atoms with Crippen molar-refractivity contribution in [2.45, 2.75) is 31.7 Å². The van der Waals surface area contributed by atoms with Crippen molar-refractivity contribution in [3.8, 4) is 0 Å². The van der Waals surface area contributed by atoms with Crippen molar-refractivity contribution in [2.75, 3.05) is 19.8 Å². The van der Waals surface area contributed by atoms with Crippen LogP contribution in [0.2, 0.25) is 0 Å². The molecule has 2 aliphatic rings. The van der Waals surface area contributed by atoms with Crippen LogP contribution in [0.3, 0.4) is 0 Å². The number of carbonyl (C=O) groups is 1. The number of hydrogen-bond acceptors (Lipinski definition) is 5. The lowest BCUT2D eigenvalue weighted by Gasteiger charge is -2.32. The zero-order valence-corrected chi connectivity index (χ0v) is 14.7. The van der Waals surface area contributed by atoms with Crippen LogP contribution in [-0.4, -0.2) is 45.6 Å². The Labute approximate surface area is 145 Å². The van der Waals surface area contributed by atoms with E-state index in [0.717, 1.165) is 28.8 Å². The van der Waals surface area contributed by atoms with E-state index in [1.165, 1.54) is 12.8 Å². The standard InChI is InChI=1S/C17H22N4O2S/c1-20-17-13(11-23-10-12-4-5-12)8-21(9-15(17)18-19-20)16(22)7-14-3-2-6-24-14/h2-3,6,12-13H,4-5,7-11H2,1H3/t13-/m0/s1. The minimum absolute atomic E-state index is 0.153. The van der Waals surface area contributed by atoms with Gasteiger partial charge in [-0.05, 0) is 30.2 Å². The smallest absolute Gasteiger partial charge is 0.228 e. The molecule has 1 atom stereocenters. The van der Waals surface area contributed by atoms with Gasteiger partial charge >= 0.3 is 0 Å². The number of ether oxygens (including phenoxy) is 1. The van der Waals surface area contributed by atoms with Crippen molar-refractivity contribution in [1.82, 2.24) is 19.9 Å². The summed E-state index contributed by atoms with van der Waals surface area (Å²) in [5, 5.41) is 10.4. The highest BCUT2D eigenvalue weighted by Gasteiger charge is 2.33. The summed E-state index contributed by atoms with van der Waals surface area (Å²) in [4.78, 5) is 15.7. The van der Waals surface area contributed by atoms with Crippen LogP contribution in [-0.2, 0) is 29.5 Å². The predicted molar refractivity (Wildman–Crippen MR) is 90.7 cm³/mol. The highest BCUT2D eigenvalue weighted by atomic mass is 32.1. The minimum Gasteiger partial charge on any atom is -0.380 e. The van der Waals surface area contributed by atoms with Crippen LogP contribution in [0, 0.1) is 5.92 Å². The molecular weight excluding hydrogens is 324 g/mol. The summed E-state index contributed by atoms with van der Waals surface area (Å²) >= 11 is 1.63. The van der Waals surface area contributed by atoms with Gasteiger partial charge in [-0.3, -0.25) is 9.48 Å². The zero-order valence-electron chi connectivity index (χ0n) is 13.9. The Kier molecular flexibility index (Phi) is 4.37. The third-order valence-electron chi connectivity index (χ3n) is 4.74. The predicted octanol–water partition coefficient (Wildman–Crippen LogP) is 1.97. The molecule has 2 aromatic rings. The van der Waals surface area contributed by atoms with Crippen molar-refractivity contribution >= 4 is 17.2 Å². The summed E-state index contributed by atoms with van der Waals surface area (Å²) in [5.41, 5.74) is 2.02. The maximum atomic E-state index is 12.7. The molecule has 1 amide bonds. The van der Waals surface area contributed by atoms with Gasteiger partial charge in [0, 0.05) is 31.0 Å².